The van der Waals surface area contributed by atoms with Gasteiger partial charge in [0.05, 0.1) is 22.2 Å². The van der Waals surface area contributed by atoms with Crippen molar-refractivity contribution in [3.8, 4) is 34.7 Å². The molecule has 7 nitrogen and oxygen atoms in total. The van der Waals surface area contributed by atoms with Gasteiger partial charge in [-0.15, -0.1) is 5.10 Å². The molecular formula is C20H11BrCl2N4O3. The van der Waals surface area contributed by atoms with Crippen LogP contribution < -0.4 is 19.9 Å². The number of nitrogens with zero attached hydrogens (tertiary/aromatic N) is 2. The van der Waals surface area contributed by atoms with Gasteiger partial charge in [0.2, 0.25) is 18.6 Å². The SMILES string of the molecule is N#CC1=C(N)Oc2n[nH]c(-c3ccc(Cl)cc3Cl)c2[C@H]1c1cc2c(cc1Br)OCO2. The molecule has 0 bridgehead atoms. The second kappa shape index (κ2) is 7.13. The predicted molar refractivity (Wildman–Crippen MR) is 114 cm³/mol. The Morgan fingerprint density at radius 3 is 2.70 bits per heavy atom. The summed E-state index contributed by atoms with van der Waals surface area (Å²) in [5.74, 6) is 0.859. The van der Waals surface area contributed by atoms with Crippen LogP contribution in [0.3, 0.4) is 0 Å². The van der Waals surface area contributed by atoms with Crippen molar-refractivity contribution in [2.75, 3.05) is 6.79 Å². The summed E-state index contributed by atoms with van der Waals surface area (Å²) in [6.45, 7) is 0.130. The minimum absolute atomic E-state index is 0.0141. The molecule has 0 saturated carbocycles. The number of H-pyrrole nitrogens is 1. The number of benzene rings is 2. The van der Waals surface area contributed by atoms with E-state index in [1.165, 1.54) is 0 Å². The van der Waals surface area contributed by atoms with Crippen molar-refractivity contribution in [3.05, 3.63) is 67.4 Å². The fourth-order valence-corrected chi connectivity index (χ4v) is 4.66. The van der Waals surface area contributed by atoms with E-state index in [9.17, 15) is 5.26 Å². The van der Waals surface area contributed by atoms with E-state index in [0.29, 0.717) is 38.4 Å². The average Bonchev–Trinajstić information content (AvgIpc) is 3.33. The molecule has 1 atom stereocenters. The molecule has 2 aliphatic heterocycles. The van der Waals surface area contributed by atoms with Crippen LogP contribution in [0, 0.1) is 11.3 Å². The number of fused-ring (bicyclic) bond motifs is 2. The van der Waals surface area contributed by atoms with Crippen LogP contribution in [-0.4, -0.2) is 17.0 Å². The van der Waals surface area contributed by atoms with Gasteiger partial charge < -0.3 is 19.9 Å². The van der Waals surface area contributed by atoms with Crippen molar-refractivity contribution in [2.45, 2.75) is 5.92 Å². The summed E-state index contributed by atoms with van der Waals surface area (Å²) in [4.78, 5) is 0. The Balaban J connectivity index is 1.76. The third kappa shape index (κ3) is 2.89. The van der Waals surface area contributed by atoms with Gasteiger partial charge in [-0.25, -0.2) is 0 Å². The van der Waals surface area contributed by atoms with Crippen LogP contribution in [0.1, 0.15) is 17.0 Å². The van der Waals surface area contributed by atoms with Crippen LogP contribution >= 0.6 is 39.1 Å². The molecular weight excluding hydrogens is 495 g/mol. The summed E-state index contributed by atoms with van der Waals surface area (Å²) >= 11 is 16.1. The fourth-order valence-electron chi connectivity index (χ4n) is 3.61. The van der Waals surface area contributed by atoms with Gasteiger partial charge in [0.15, 0.2) is 11.5 Å². The first kappa shape index (κ1) is 19.1. The number of hydrogen-bond donors (Lipinski definition) is 2. The summed E-state index contributed by atoms with van der Waals surface area (Å²) in [6, 6.07) is 10.9. The van der Waals surface area contributed by atoms with Crippen molar-refractivity contribution < 1.29 is 14.2 Å². The molecule has 10 heteroatoms. The van der Waals surface area contributed by atoms with Crippen molar-refractivity contribution in [3.63, 3.8) is 0 Å². The van der Waals surface area contributed by atoms with E-state index in [0.717, 1.165) is 10.0 Å². The zero-order valence-corrected chi connectivity index (χ0v) is 18.1. The molecule has 3 N–H and O–H groups in total. The molecule has 2 aliphatic rings. The topological polar surface area (TPSA) is 106 Å². The molecule has 3 aromatic rings. The Morgan fingerprint density at radius 2 is 1.97 bits per heavy atom. The Morgan fingerprint density at radius 1 is 1.20 bits per heavy atom. The van der Waals surface area contributed by atoms with E-state index in [-0.39, 0.29) is 24.1 Å². The van der Waals surface area contributed by atoms with Crippen molar-refractivity contribution >= 4 is 39.1 Å². The van der Waals surface area contributed by atoms with Gasteiger partial charge in [-0.1, -0.05) is 39.1 Å². The second-order valence-corrected chi connectivity index (χ2v) is 8.29. The van der Waals surface area contributed by atoms with Crippen LogP contribution in [0.4, 0.5) is 0 Å². The molecule has 0 radical (unpaired) electrons. The summed E-state index contributed by atoms with van der Waals surface area (Å²) < 4.78 is 17.3. The van der Waals surface area contributed by atoms with Gasteiger partial charge in [0.1, 0.15) is 11.6 Å². The Hall–Kier alpha value is -2.86. The molecule has 0 saturated heterocycles. The molecule has 1 aromatic heterocycles. The number of hydrogen-bond acceptors (Lipinski definition) is 6. The lowest BCUT2D eigenvalue weighted by Crippen LogP contribution is -2.21. The predicted octanol–water partition coefficient (Wildman–Crippen LogP) is 5.09. The van der Waals surface area contributed by atoms with Gasteiger partial charge in [0, 0.05) is 15.1 Å². The number of nitrogens with one attached hydrogen (secondary N) is 1. The number of rotatable bonds is 2. The van der Waals surface area contributed by atoms with E-state index >= 15 is 0 Å². The number of halogens is 3. The van der Waals surface area contributed by atoms with Crippen LogP contribution in [0.2, 0.25) is 10.0 Å². The van der Waals surface area contributed by atoms with Crippen LogP contribution in [0.25, 0.3) is 11.3 Å². The molecule has 0 spiro atoms. The third-order valence-corrected chi connectivity index (χ3v) is 6.18. The minimum atomic E-state index is -0.580. The highest BCUT2D eigenvalue weighted by Crippen LogP contribution is 2.50. The van der Waals surface area contributed by atoms with Gasteiger partial charge in [-0.05, 0) is 35.9 Å². The first-order valence-electron chi connectivity index (χ1n) is 8.68. The fraction of sp³-hybridized carbons (Fsp3) is 0.100. The summed E-state index contributed by atoms with van der Waals surface area (Å²) in [6.07, 6.45) is 0. The number of allylic oxidation sites excluding steroid dienone is 1. The molecule has 0 aliphatic carbocycles. The third-order valence-electron chi connectivity index (χ3n) is 4.94. The summed E-state index contributed by atoms with van der Waals surface area (Å²) in [7, 11) is 0. The number of nitriles is 1. The smallest absolute Gasteiger partial charge is 0.244 e. The van der Waals surface area contributed by atoms with Gasteiger partial charge in [-0.2, -0.15) is 5.26 Å². The van der Waals surface area contributed by atoms with E-state index in [4.69, 9.17) is 43.1 Å². The standard InChI is InChI=1S/C20H11BrCl2N4O3/c21-12-5-15-14(28-7-29-15)4-10(12)16-11(6-24)19(25)30-20-17(16)18(26-27-20)9-2-1-8(22)3-13(9)23/h1-5,16H,7,25H2,(H,26,27)/t16-/m0/s1. The highest BCUT2D eigenvalue weighted by atomic mass is 79.9. The Kier molecular flexibility index (Phi) is 4.54. The van der Waals surface area contributed by atoms with E-state index < -0.39 is 5.92 Å². The monoisotopic (exact) mass is 504 g/mol. The highest BCUT2D eigenvalue weighted by molar-refractivity contribution is 9.10. The Bertz CT molecular complexity index is 1280. The zero-order valence-electron chi connectivity index (χ0n) is 15.0. The highest BCUT2D eigenvalue weighted by Gasteiger charge is 2.37. The minimum Gasteiger partial charge on any atom is -0.454 e. The van der Waals surface area contributed by atoms with Crippen LogP contribution in [0.5, 0.6) is 17.4 Å². The molecule has 5 rings (SSSR count). The zero-order chi connectivity index (χ0) is 21.0. The van der Waals surface area contributed by atoms with Crippen LogP contribution in [-0.2, 0) is 0 Å². The summed E-state index contributed by atoms with van der Waals surface area (Å²) in [5, 5.41) is 18.0. The quantitative estimate of drug-likeness (QED) is 0.502. The molecule has 3 heterocycles. The van der Waals surface area contributed by atoms with E-state index in [1.54, 1.807) is 24.3 Å². The lowest BCUT2D eigenvalue weighted by Gasteiger charge is -2.25. The maximum Gasteiger partial charge on any atom is 0.244 e. The van der Waals surface area contributed by atoms with Gasteiger partial charge >= 0.3 is 0 Å². The molecule has 30 heavy (non-hydrogen) atoms. The average molecular weight is 506 g/mol. The van der Waals surface area contributed by atoms with Crippen molar-refractivity contribution in [2.24, 2.45) is 5.73 Å². The van der Waals surface area contributed by atoms with Crippen molar-refractivity contribution in [1.29, 1.82) is 5.26 Å². The first-order valence-corrected chi connectivity index (χ1v) is 10.2. The van der Waals surface area contributed by atoms with Gasteiger partial charge in [-0.3, -0.25) is 5.10 Å². The molecule has 0 fully saturated rings. The lowest BCUT2D eigenvalue weighted by molar-refractivity contribution is 0.174. The number of aromatic nitrogens is 2. The Labute approximate surface area is 189 Å². The molecule has 2 aromatic carbocycles. The molecule has 0 amide bonds. The maximum atomic E-state index is 9.88. The molecule has 0 unspecified atom stereocenters. The normalized spacial score (nSPS) is 16.8. The number of nitrogens with two attached hydrogens (primary N) is 1. The maximum absolute atomic E-state index is 9.88. The molecule has 150 valence electrons. The number of aromatic amines is 1. The van der Waals surface area contributed by atoms with Crippen molar-refractivity contribution in [1.82, 2.24) is 10.2 Å². The summed E-state index contributed by atoms with van der Waals surface area (Å²) in [5.41, 5.74) is 8.94. The van der Waals surface area contributed by atoms with Crippen LogP contribution in [0.15, 0.2) is 46.3 Å². The number of ether oxygens (including phenoxy) is 3. The lowest BCUT2D eigenvalue weighted by atomic mass is 9.83. The van der Waals surface area contributed by atoms with Gasteiger partial charge in [0.25, 0.3) is 0 Å². The largest absolute Gasteiger partial charge is 0.454 e. The van der Waals surface area contributed by atoms with E-state index in [1.807, 2.05) is 6.07 Å². The second-order valence-electron chi connectivity index (χ2n) is 6.59. The first-order chi connectivity index (χ1) is 14.5. The van der Waals surface area contributed by atoms with E-state index in [2.05, 4.69) is 32.2 Å².